The van der Waals surface area contributed by atoms with E-state index in [9.17, 15) is 43.9 Å². The Labute approximate surface area is 202 Å². The van der Waals surface area contributed by atoms with Gasteiger partial charge in [0.1, 0.15) is 0 Å². The van der Waals surface area contributed by atoms with Crippen molar-refractivity contribution in [2.75, 3.05) is 39.3 Å². The lowest BCUT2D eigenvalue weighted by atomic mass is 10.2. The van der Waals surface area contributed by atoms with Gasteiger partial charge in [0.05, 0.1) is 7.14 Å². The zero-order valence-corrected chi connectivity index (χ0v) is 20.0. The van der Waals surface area contributed by atoms with Gasteiger partial charge in [-0.1, -0.05) is 0 Å². The van der Waals surface area contributed by atoms with E-state index in [4.69, 9.17) is 0 Å². The third kappa shape index (κ3) is 5.97. The topological polar surface area (TPSA) is 6.48 Å². The summed E-state index contributed by atoms with van der Waals surface area (Å²) in [5.41, 5.74) is 0. The van der Waals surface area contributed by atoms with Gasteiger partial charge < -0.3 is 0 Å². The standard InChI is InChI=1S/2C6F5I.C6H12N2/c2*7-1-2(8)4(10)6(12)5(11)3(1)9;1-2-8-5-3-7(1)4-6-8/h;;1-6H2. The zero-order chi connectivity index (χ0) is 24.3. The number of piperazine rings is 3. The van der Waals surface area contributed by atoms with E-state index in [-0.39, 0.29) is 0 Å². The lowest BCUT2D eigenvalue weighted by molar-refractivity contribution is 0.0647. The predicted octanol–water partition coefficient (Wildman–Crippen LogP) is 5.59. The minimum atomic E-state index is -2.13. The van der Waals surface area contributed by atoms with Crippen molar-refractivity contribution in [2.45, 2.75) is 0 Å². The number of nitrogens with zero attached hydrogens (tertiary/aromatic N) is 2. The van der Waals surface area contributed by atoms with Crippen molar-refractivity contribution in [2.24, 2.45) is 0 Å². The summed E-state index contributed by atoms with van der Waals surface area (Å²) in [5, 5.41) is 0. The molecule has 3 saturated heterocycles. The Bertz CT molecular complexity index is 696. The molecule has 0 N–H and O–H groups in total. The highest BCUT2D eigenvalue weighted by atomic mass is 127. The number of hydrogen-bond acceptors (Lipinski definition) is 2. The quantitative estimate of drug-likeness (QED) is 0.153. The Morgan fingerprint density at radius 1 is 0.344 bits per heavy atom. The monoisotopic (exact) mass is 700 g/mol. The average Bonchev–Trinajstić information content (AvgIpc) is 2.83. The molecule has 0 aliphatic carbocycles. The fourth-order valence-corrected chi connectivity index (χ4v) is 3.62. The average molecular weight is 700 g/mol. The van der Waals surface area contributed by atoms with Crippen molar-refractivity contribution in [1.29, 1.82) is 0 Å². The minimum absolute atomic E-state index is 0.899. The third-order valence-electron chi connectivity index (χ3n) is 4.51. The molecule has 3 fully saturated rings. The van der Waals surface area contributed by atoms with Crippen LogP contribution >= 0.6 is 45.2 Å². The van der Waals surface area contributed by atoms with Gasteiger partial charge in [0.2, 0.25) is 11.6 Å². The molecule has 3 aliphatic rings. The SMILES string of the molecule is C1CN2CCN1CC2.Fc1c(F)c(F)c(I)c(F)c1F.Fc1c(F)c(F)c(I)c(F)c1F. The van der Waals surface area contributed by atoms with Crippen molar-refractivity contribution in [3.05, 3.63) is 65.3 Å². The van der Waals surface area contributed by atoms with Gasteiger partial charge in [-0.25, -0.2) is 43.9 Å². The largest absolute Gasteiger partial charge is 0.300 e. The van der Waals surface area contributed by atoms with Crippen LogP contribution in [0, 0.1) is 65.3 Å². The van der Waals surface area contributed by atoms with Gasteiger partial charge in [-0.2, -0.15) is 0 Å². The van der Waals surface area contributed by atoms with E-state index in [2.05, 4.69) is 9.80 Å². The molecule has 2 aromatic rings. The van der Waals surface area contributed by atoms with Crippen LogP contribution in [0.3, 0.4) is 0 Å². The predicted molar refractivity (Wildman–Crippen MR) is 111 cm³/mol. The van der Waals surface area contributed by atoms with Crippen LogP contribution in [0.25, 0.3) is 0 Å². The Morgan fingerprint density at radius 3 is 0.656 bits per heavy atom. The first-order valence-corrected chi connectivity index (χ1v) is 10.8. The molecule has 32 heavy (non-hydrogen) atoms. The zero-order valence-electron chi connectivity index (χ0n) is 15.7. The Hall–Kier alpha value is -0.880. The summed E-state index contributed by atoms with van der Waals surface area (Å²) in [7, 11) is 0. The normalized spacial score (nSPS) is 19.1. The lowest BCUT2D eigenvalue weighted by Crippen LogP contribution is -2.55. The highest BCUT2D eigenvalue weighted by molar-refractivity contribution is 14.1. The molecule has 3 aliphatic heterocycles. The highest BCUT2D eigenvalue weighted by Crippen LogP contribution is 2.24. The number of rotatable bonds is 0. The molecule has 5 rings (SSSR count). The van der Waals surface area contributed by atoms with Crippen LogP contribution < -0.4 is 0 Å². The molecule has 0 atom stereocenters. The first-order chi connectivity index (χ1) is 14.9. The molecule has 0 saturated carbocycles. The van der Waals surface area contributed by atoms with Gasteiger partial charge in [-0.15, -0.1) is 0 Å². The van der Waals surface area contributed by atoms with Crippen LogP contribution in [0.2, 0.25) is 0 Å². The van der Waals surface area contributed by atoms with Crippen LogP contribution in [0.4, 0.5) is 43.9 Å². The summed E-state index contributed by atoms with van der Waals surface area (Å²) in [5.74, 6) is -19.1. The van der Waals surface area contributed by atoms with Gasteiger partial charge in [0, 0.05) is 39.3 Å². The Morgan fingerprint density at radius 2 is 0.500 bits per heavy atom. The van der Waals surface area contributed by atoms with Gasteiger partial charge >= 0.3 is 0 Å². The van der Waals surface area contributed by atoms with Gasteiger partial charge in [-0.3, -0.25) is 9.80 Å². The van der Waals surface area contributed by atoms with E-state index in [0.29, 0.717) is 0 Å². The molecule has 0 spiro atoms. The first kappa shape index (κ1) is 27.4. The molecule has 2 bridgehead atoms. The van der Waals surface area contributed by atoms with Gasteiger partial charge in [0.15, 0.2) is 46.5 Å². The number of hydrogen-bond donors (Lipinski definition) is 0. The molecule has 3 heterocycles. The molecule has 2 nitrogen and oxygen atoms in total. The number of halogens is 12. The second-order valence-corrected chi connectivity index (χ2v) is 8.61. The lowest BCUT2D eigenvalue weighted by Gasteiger charge is -2.41. The Kier molecular flexibility index (Phi) is 9.84. The van der Waals surface area contributed by atoms with E-state index < -0.39 is 65.3 Å². The third-order valence-corrected chi connectivity index (χ3v) is 6.40. The first-order valence-electron chi connectivity index (χ1n) is 8.67. The van der Waals surface area contributed by atoms with E-state index >= 15 is 0 Å². The molecule has 2 aromatic carbocycles. The summed E-state index contributed by atoms with van der Waals surface area (Å²) in [6.07, 6.45) is 0. The highest BCUT2D eigenvalue weighted by Gasteiger charge is 2.25. The smallest absolute Gasteiger partial charge is 0.200 e. The van der Waals surface area contributed by atoms with Crippen LogP contribution in [-0.2, 0) is 0 Å². The fourth-order valence-electron chi connectivity index (χ4n) is 2.68. The van der Waals surface area contributed by atoms with Crippen LogP contribution in [0.15, 0.2) is 0 Å². The van der Waals surface area contributed by atoms with Gasteiger partial charge in [-0.05, 0) is 45.2 Å². The van der Waals surface area contributed by atoms with E-state index in [1.54, 1.807) is 0 Å². The molecule has 14 heteroatoms. The van der Waals surface area contributed by atoms with E-state index in [1.807, 2.05) is 0 Å². The molecule has 178 valence electrons. The van der Waals surface area contributed by atoms with Crippen LogP contribution in [0.1, 0.15) is 0 Å². The summed E-state index contributed by atoms with van der Waals surface area (Å²) < 4.78 is 121. The maximum Gasteiger partial charge on any atom is 0.200 e. The van der Waals surface area contributed by atoms with Crippen LogP contribution in [0.5, 0.6) is 0 Å². The fraction of sp³-hybridized carbons (Fsp3) is 0.333. The van der Waals surface area contributed by atoms with Crippen molar-refractivity contribution in [1.82, 2.24) is 9.80 Å². The van der Waals surface area contributed by atoms with Gasteiger partial charge in [0.25, 0.3) is 0 Å². The minimum Gasteiger partial charge on any atom is -0.300 e. The molecule has 0 aromatic heterocycles. The summed E-state index contributed by atoms with van der Waals surface area (Å²) in [6, 6.07) is 0. The molecule has 0 unspecified atom stereocenters. The van der Waals surface area contributed by atoms with E-state index in [0.717, 1.165) is 45.2 Å². The molecule has 0 amide bonds. The van der Waals surface area contributed by atoms with E-state index in [1.165, 1.54) is 39.3 Å². The number of fused-ring (bicyclic) bond motifs is 3. The van der Waals surface area contributed by atoms with Crippen molar-refractivity contribution in [3.63, 3.8) is 0 Å². The molecular weight excluding hydrogens is 688 g/mol. The Balaban J connectivity index is 0.000000173. The number of benzene rings is 2. The van der Waals surface area contributed by atoms with Crippen molar-refractivity contribution in [3.8, 4) is 0 Å². The maximum atomic E-state index is 12.4. The molecular formula is C18H12F10I2N2. The summed E-state index contributed by atoms with van der Waals surface area (Å²) in [6.45, 7) is 7.92. The van der Waals surface area contributed by atoms with Crippen molar-refractivity contribution >= 4 is 45.2 Å². The summed E-state index contributed by atoms with van der Waals surface area (Å²) in [4.78, 5) is 5.08. The second-order valence-electron chi connectivity index (χ2n) is 6.45. The maximum absolute atomic E-state index is 12.4. The second kappa shape index (κ2) is 11.5. The summed E-state index contributed by atoms with van der Waals surface area (Å²) >= 11 is 2.08. The van der Waals surface area contributed by atoms with Crippen LogP contribution in [-0.4, -0.2) is 49.1 Å². The van der Waals surface area contributed by atoms with Crippen molar-refractivity contribution < 1.29 is 43.9 Å². The molecule has 0 radical (unpaired) electrons.